The first kappa shape index (κ1) is 12.2. The normalized spacial score (nSPS) is 12.5. The number of anilines is 1. The number of hydrogen-bond acceptors (Lipinski definition) is 3. The molecule has 0 saturated heterocycles. The maximum absolute atomic E-state index is 5.70. The molecule has 1 rings (SSSR count). The molecule has 1 aromatic heterocycles. The van der Waals surface area contributed by atoms with Crippen LogP contribution < -0.4 is 4.90 Å². The predicted molar refractivity (Wildman–Crippen MR) is 64.4 cm³/mol. The van der Waals surface area contributed by atoms with Crippen molar-refractivity contribution in [1.29, 1.82) is 0 Å². The second kappa shape index (κ2) is 5.91. The summed E-state index contributed by atoms with van der Waals surface area (Å²) in [6, 6.07) is 4.22. The highest BCUT2D eigenvalue weighted by atomic mass is 35.5. The zero-order valence-electron chi connectivity index (χ0n) is 9.57. The molecule has 0 fully saturated rings. The Morgan fingerprint density at radius 2 is 2.07 bits per heavy atom. The molecule has 0 spiro atoms. The smallest absolute Gasteiger partial charge is 0.151 e. The van der Waals surface area contributed by atoms with E-state index >= 15 is 0 Å². The monoisotopic (exact) mass is 227 g/mol. The van der Waals surface area contributed by atoms with Crippen LogP contribution in [-0.2, 0) is 0 Å². The van der Waals surface area contributed by atoms with Gasteiger partial charge in [-0.2, -0.15) is 0 Å². The molecular formula is C11H18ClN3. The van der Waals surface area contributed by atoms with E-state index in [1.54, 1.807) is 6.07 Å². The summed E-state index contributed by atoms with van der Waals surface area (Å²) in [5.41, 5.74) is 0. The van der Waals surface area contributed by atoms with Crippen molar-refractivity contribution in [2.75, 3.05) is 11.9 Å². The van der Waals surface area contributed by atoms with Crippen LogP contribution in [-0.4, -0.2) is 23.3 Å². The summed E-state index contributed by atoms with van der Waals surface area (Å²) in [4.78, 5) is 2.17. The van der Waals surface area contributed by atoms with E-state index in [0.29, 0.717) is 11.2 Å². The molecule has 0 aromatic carbocycles. The maximum Gasteiger partial charge on any atom is 0.151 e. The largest absolute Gasteiger partial charge is 0.355 e. The number of halogens is 1. The summed E-state index contributed by atoms with van der Waals surface area (Å²) in [5, 5.41) is 8.36. The summed E-state index contributed by atoms with van der Waals surface area (Å²) in [5.74, 6) is 0.889. The van der Waals surface area contributed by atoms with Gasteiger partial charge in [-0.3, -0.25) is 0 Å². The van der Waals surface area contributed by atoms with Crippen LogP contribution in [0, 0.1) is 0 Å². The van der Waals surface area contributed by atoms with Gasteiger partial charge in [0, 0.05) is 13.1 Å². The molecular weight excluding hydrogens is 210 g/mol. The van der Waals surface area contributed by atoms with E-state index in [9.17, 15) is 0 Å². The number of nitrogens with zero attached hydrogens (tertiary/aromatic N) is 3. The van der Waals surface area contributed by atoms with Gasteiger partial charge in [0.15, 0.2) is 11.0 Å². The Morgan fingerprint density at radius 3 is 2.53 bits per heavy atom. The number of rotatable bonds is 5. The molecule has 1 aromatic rings. The van der Waals surface area contributed by atoms with Gasteiger partial charge in [-0.15, -0.1) is 10.2 Å². The Hall–Kier alpha value is -0.830. The van der Waals surface area contributed by atoms with Crippen molar-refractivity contribution in [3.8, 4) is 0 Å². The minimum Gasteiger partial charge on any atom is -0.355 e. The van der Waals surface area contributed by atoms with Crippen LogP contribution in [0.1, 0.15) is 33.1 Å². The van der Waals surface area contributed by atoms with Crippen molar-refractivity contribution < 1.29 is 0 Å². The van der Waals surface area contributed by atoms with Crippen molar-refractivity contribution in [3.63, 3.8) is 0 Å². The van der Waals surface area contributed by atoms with E-state index in [4.69, 9.17) is 11.6 Å². The molecule has 0 aliphatic heterocycles. The second-order valence-corrected chi connectivity index (χ2v) is 4.06. The molecule has 0 aliphatic carbocycles. The van der Waals surface area contributed by atoms with Crippen LogP contribution in [0.25, 0.3) is 0 Å². The van der Waals surface area contributed by atoms with Crippen LogP contribution >= 0.6 is 11.6 Å². The van der Waals surface area contributed by atoms with Gasteiger partial charge in [0.25, 0.3) is 0 Å². The highest BCUT2D eigenvalue weighted by molar-refractivity contribution is 6.29. The lowest BCUT2D eigenvalue weighted by molar-refractivity contribution is 0.551. The highest BCUT2D eigenvalue weighted by Gasteiger charge is 2.13. The van der Waals surface area contributed by atoms with Crippen LogP contribution in [0.2, 0.25) is 5.15 Å². The van der Waals surface area contributed by atoms with Gasteiger partial charge in [0.1, 0.15) is 0 Å². The quantitative estimate of drug-likeness (QED) is 0.774. The van der Waals surface area contributed by atoms with E-state index in [0.717, 1.165) is 12.2 Å². The van der Waals surface area contributed by atoms with Gasteiger partial charge in [-0.1, -0.05) is 31.9 Å². The third-order valence-electron chi connectivity index (χ3n) is 2.62. The molecule has 0 bridgehead atoms. The van der Waals surface area contributed by atoms with Crippen molar-refractivity contribution in [1.82, 2.24) is 10.2 Å². The third-order valence-corrected chi connectivity index (χ3v) is 2.82. The Kier molecular flexibility index (Phi) is 4.82. The van der Waals surface area contributed by atoms with Crippen molar-refractivity contribution in [3.05, 3.63) is 17.3 Å². The maximum atomic E-state index is 5.70. The van der Waals surface area contributed by atoms with E-state index in [1.165, 1.54) is 12.8 Å². The zero-order valence-corrected chi connectivity index (χ0v) is 10.3. The zero-order chi connectivity index (χ0) is 11.3. The van der Waals surface area contributed by atoms with E-state index < -0.39 is 0 Å². The fourth-order valence-electron chi connectivity index (χ4n) is 1.69. The van der Waals surface area contributed by atoms with Gasteiger partial charge < -0.3 is 4.90 Å². The average molecular weight is 228 g/mol. The Labute approximate surface area is 96.5 Å². The number of aromatic nitrogens is 2. The number of hydrogen-bond donors (Lipinski definition) is 0. The standard InChI is InChI=1S/C11H18ClN3/c1-4-6-9(5-2)15(3)11-8-7-10(12)13-14-11/h7-9H,4-6H2,1-3H3/t9-/m0/s1. The topological polar surface area (TPSA) is 29.0 Å². The van der Waals surface area contributed by atoms with E-state index in [1.807, 2.05) is 6.07 Å². The lowest BCUT2D eigenvalue weighted by Gasteiger charge is -2.27. The molecule has 0 aliphatic rings. The molecule has 0 N–H and O–H groups in total. The summed E-state index contributed by atoms with van der Waals surface area (Å²) in [6.45, 7) is 4.39. The first-order valence-electron chi connectivity index (χ1n) is 5.41. The summed E-state index contributed by atoms with van der Waals surface area (Å²) >= 11 is 5.70. The molecule has 1 atom stereocenters. The molecule has 0 saturated carbocycles. The lowest BCUT2D eigenvalue weighted by Crippen LogP contribution is -2.31. The van der Waals surface area contributed by atoms with Gasteiger partial charge >= 0.3 is 0 Å². The molecule has 1 heterocycles. The molecule has 84 valence electrons. The average Bonchev–Trinajstić information content (AvgIpc) is 2.26. The van der Waals surface area contributed by atoms with Crippen LogP contribution in [0.15, 0.2) is 12.1 Å². The molecule has 0 unspecified atom stereocenters. The minimum atomic E-state index is 0.440. The molecule has 0 radical (unpaired) electrons. The summed E-state index contributed by atoms with van der Waals surface area (Å²) in [7, 11) is 2.06. The third kappa shape index (κ3) is 3.34. The van der Waals surface area contributed by atoms with Crippen LogP contribution in [0.5, 0.6) is 0 Å². The Bertz CT molecular complexity index is 286. The molecule has 4 heteroatoms. The Balaban J connectivity index is 2.73. The van der Waals surface area contributed by atoms with Crippen molar-refractivity contribution in [2.24, 2.45) is 0 Å². The van der Waals surface area contributed by atoms with Crippen LogP contribution in [0.3, 0.4) is 0 Å². The van der Waals surface area contributed by atoms with Gasteiger partial charge in [-0.05, 0) is 25.0 Å². The first-order chi connectivity index (χ1) is 7.19. The minimum absolute atomic E-state index is 0.440. The fraction of sp³-hybridized carbons (Fsp3) is 0.636. The van der Waals surface area contributed by atoms with E-state index in [-0.39, 0.29) is 0 Å². The summed E-state index contributed by atoms with van der Waals surface area (Å²) < 4.78 is 0. The van der Waals surface area contributed by atoms with Crippen molar-refractivity contribution >= 4 is 17.4 Å². The molecule has 0 amide bonds. The molecule has 3 nitrogen and oxygen atoms in total. The summed E-state index contributed by atoms with van der Waals surface area (Å²) in [6.07, 6.45) is 3.48. The van der Waals surface area contributed by atoms with Crippen molar-refractivity contribution in [2.45, 2.75) is 39.2 Å². The van der Waals surface area contributed by atoms with E-state index in [2.05, 4.69) is 36.0 Å². The first-order valence-corrected chi connectivity index (χ1v) is 5.78. The lowest BCUT2D eigenvalue weighted by atomic mass is 10.1. The van der Waals surface area contributed by atoms with Gasteiger partial charge in [0.2, 0.25) is 0 Å². The highest BCUT2D eigenvalue weighted by Crippen LogP contribution is 2.17. The van der Waals surface area contributed by atoms with Gasteiger partial charge in [0.05, 0.1) is 0 Å². The predicted octanol–water partition coefficient (Wildman–Crippen LogP) is 3.14. The SMILES string of the molecule is CCC[C@H](CC)N(C)c1ccc(Cl)nn1. The molecule has 15 heavy (non-hydrogen) atoms. The fourth-order valence-corrected chi connectivity index (χ4v) is 1.79. The van der Waals surface area contributed by atoms with Gasteiger partial charge in [-0.25, -0.2) is 0 Å². The second-order valence-electron chi connectivity index (χ2n) is 3.68. The Morgan fingerprint density at radius 1 is 1.33 bits per heavy atom. The van der Waals surface area contributed by atoms with Crippen LogP contribution in [0.4, 0.5) is 5.82 Å².